The predicted molar refractivity (Wildman–Crippen MR) is 129 cm³/mol. The molecule has 0 aliphatic carbocycles. The van der Waals surface area contributed by atoms with Crippen LogP contribution in [0.2, 0.25) is 0 Å². The second-order valence-corrected chi connectivity index (χ2v) is 8.64. The Morgan fingerprint density at radius 1 is 1.09 bits per heavy atom. The van der Waals surface area contributed by atoms with E-state index in [9.17, 15) is 29.4 Å². The van der Waals surface area contributed by atoms with E-state index >= 15 is 0 Å². The van der Waals surface area contributed by atoms with Gasteiger partial charge in [0.2, 0.25) is 5.91 Å². The topological polar surface area (TPSA) is 145 Å². The lowest BCUT2D eigenvalue weighted by molar-refractivity contribution is -0.149. The van der Waals surface area contributed by atoms with Crippen LogP contribution in [0.25, 0.3) is 0 Å². The van der Waals surface area contributed by atoms with E-state index in [0.717, 1.165) is 5.56 Å². The van der Waals surface area contributed by atoms with Crippen LogP contribution in [-0.2, 0) is 30.3 Å². The maximum atomic E-state index is 13.3. The zero-order chi connectivity index (χ0) is 25.6. The SMILES string of the molecule is CCOC(=O)CNCCCC[C@H](N[C@@H](CCc1ccccc1)C(=O)O)C(=O)N1CCC[C@H]1C(=O)O. The molecule has 1 amide bonds. The van der Waals surface area contributed by atoms with Gasteiger partial charge in [0, 0.05) is 6.54 Å². The second kappa shape index (κ2) is 15.1. The molecule has 10 nitrogen and oxygen atoms in total. The number of aliphatic carboxylic acids is 2. The minimum absolute atomic E-state index is 0.100. The molecule has 0 spiro atoms. The molecule has 2 rings (SSSR count). The fourth-order valence-electron chi connectivity index (χ4n) is 4.24. The number of hydrogen-bond donors (Lipinski definition) is 4. The number of ether oxygens (including phenoxy) is 1. The lowest BCUT2D eigenvalue weighted by Crippen LogP contribution is -2.54. The van der Waals surface area contributed by atoms with E-state index in [1.807, 2.05) is 30.3 Å². The maximum absolute atomic E-state index is 13.3. The first-order valence-corrected chi connectivity index (χ1v) is 12.3. The van der Waals surface area contributed by atoms with Crippen molar-refractivity contribution in [1.29, 1.82) is 0 Å². The van der Waals surface area contributed by atoms with Crippen LogP contribution < -0.4 is 10.6 Å². The van der Waals surface area contributed by atoms with E-state index in [2.05, 4.69) is 10.6 Å². The number of carbonyl (C=O) groups is 4. The Balaban J connectivity index is 1.99. The van der Waals surface area contributed by atoms with Gasteiger partial charge in [0.25, 0.3) is 0 Å². The average Bonchev–Trinajstić information content (AvgIpc) is 3.33. The number of nitrogens with zero attached hydrogens (tertiary/aromatic N) is 1. The molecular weight excluding hydrogens is 454 g/mol. The van der Waals surface area contributed by atoms with Crippen molar-refractivity contribution in [2.24, 2.45) is 0 Å². The predicted octanol–water partition coefficient (Wildman–Crippen LogP) is 1.43. The Morgan fingerprint density at radius 3 is 2.49 bits per heavy atom. The van der Waals surface area contributed by atoms with Crippen molar-refractivity contribution in [2.45, 2.75) is 70.0 Å². The highest BCUT2D eigenvalue weighted by atomic mass is 16.5. The fraction of sp³-hybridized carbons (Fsp3) is 0.600. The van der Waals surface area contributed by atoms with E-state index in [1.165, 1.54) is 4.90 Å². The largest absolute Gasteiger partial charge is 0.480 e. The Labute approximate surface area is 206 Å². The second-order valence-electron chi connectivity index (χ2n) is 8.64. The van der Waals surface area contributed by atoms with Gasteiger partial charge >= 0.3 is 17.9 Å². The molecule has 0 radical (unpaired) electrons. The molecule has 0 aromatic heterocycles. The Kier molecular flexibility index (Phi) is 12.2. The molecule has 1 fully saturated rings. The van der Waals surface area contributed by atoms with Crippen molar-refractivity contribution in [3.63, 3.8) is 0 Å². The van der Waals surface area contributed by atoms with Crippen molar-refractivity contribution in [3.8, 4) is 0 Å². The molecule has 1 aliphatic rings. The summed E-state index contributed by atoms with van der Waals surface area (Å²) in [6.45, 7) is 3.04. The fourth-order valence-corrected chi connectivity index (χ4v) is 4.24. The summed E-state index contributed by atoms with van der Waals surface area (Å²) in [5.74, 6) is -2.80. The monoisotopic (exact) mass is 491 g/mol. The van der Waals surface area contributed by atoms with Crippen LogP contribution >= 0.6 is 0 Å². The highest BCUT2D eigenvalue weighted by Crippen LogP contribution is 2.20. The molecule has 0 saturated carbocycles. The van der Waals surface area contributed by atoms with E-state index in [4.69, 9.17) is 4.74 Å². The minimum Gasteiger partial charge on any atom is -0.480 e. The number of rotatable bonds is 16. The molecule has 1 aromatic carbocycles. The molecule has 10 heteroatoms. The maximum Gasteiger partial charge on any atom is 0.326 e. The number of amides is 1. The molecule has 35 heavy (non-hydrogen) atoms. The van der Waals surface area contributed by atoms with E-state index in [1.54, 1.807) is 6.92 Å². The number of aryl methyl sites for hydroxylation is 1. The molecule has 0 bridgehead atoms. The van der Waals surface area contributed by atoms with Gasteiger partial charge in [-0.1, -0.05) is 36.8 Å². The zero-order valence-electron chi connectivity index (χ0n) is 20.3. The summed E-state index contributed by atoms with van der Waals surface area (Å²) >= 11 is 0. The number of unbranched alkanes of at least 4 members (excludes halogenated alkanes) is 1. The quantitative estimate of drug-likeness (QED) is 0.199. The van der Waals surface area contributed by atoms with Crippen molar-refractivity contribution in [3.05, 3.63) is 35.9 Å². The third-order valence-corrected chi connectivity index (χ3v) is 6.06. The molecule has 3 atom stereocenters. The van der Waals surface area contributed by atoms with Gasteiger partial charge < -0.3 is 25.2 Å². The van der Waals surface area contributed by atoms with Crippen LogP contribution in [0.4, 0.5) is 0 Å². The van der Waals surface area contributed by atoms with Gasteiger partial charge in [0.15, 0.2) is 0 Å². The first kappa shape index (κ1) is 28.3. The molecule has 1 aliphatic heterocycles. The lowest BCUT2D eigenvalue weighted by Gasteiger charge is -2.29. The summed E-state index contributed by atoms with van der Waals surface area (Å²) < 4.78 is 4.86. The van der Waals surface area contributed by atoms with Crippen molar-refractivity contribution in [1.82, 2.24) is 15.5 Å². The highest BCUT2D eigenvalue weighted by Gasteiger charge is 2.38. The van der Waals surface area contributed by atoms with Crippen LogP contribution in [0.5, 0.6) is 0 Å². The van der Waals surface area contributed by atoms with Crippen LogP contribution in [0, 0.1) is 0 Å². The number of carboxylic acids is 2. The van der Waals surface area contributed by atoms with E-state index in [0.29, 0.717) is 64.6 Å². The zero-order valence-corrected chi connectivity index (χ0v) is 20.3. The van der Waals surface area contributed by atoms with Crippen LogP contribution in [0.3, 0.4) is 0 Å². The van der Waals surface area contributed by atoms with Gasteiger partial charge in [-0.15, -0.1) is 0 Å². The number of carboxylic acid groups (broad SMARTS) is 2. The van der Waals surface area contributed by atoms with Crippen molar-refractivity contribution >= 4 is 23.8 Å². The molecule has 4 N–H and O–H groups in total. The third-order valence-electron chi connectivity index (χ3n) is 6.06. The van der Waals surface area contributed by atoms with Gasteiger partial charge in [0.1, 0.15) is 12.1 Å². The minimum atomic E-state index is -1.05. The number of likely N-dealkylation sites (tertiary alicyclic amines) is 1. The smallest absolute Gasteiger partial charge is 0.326 e. The average molecular weight is 492 g/mol. The van der Waals surface area contributed by atoms with Crippen LogP contribution in [0.15, 0.2) is 30.3 Å². The number of benzene rings is 1. The van der Waals surface area contributed by atoms with Crippen molar-refractivity contribution in [2.75, 3.05) is 26.2 Å². The first-order chi connectivity index (χ1) is 16.8. The normalized spacial score (nSPS) is 17.1. The van der Waals surface area contributed by atoms with Crippen LogP contribution in [-0.4, -0.2) is 83.3 Å². The van der Waals surface area contributed by atoms with Crippen molar-refractivity contribution < 1.29 is 34.1 Å². The lowest BCUT2D eigenvalue weighted by atomic mass is 10.0. The Bertz CT molecular complexity index is 834. The van der Waals surface area contributed by atoms with Gasteiger partial charge in [-0.3, -0.25) is 19.7 Å². The number of nitrogens with one attached hydrogen (secondary N) is 2. The molecule has 1 heterocycles. The highest BCUT2D eigenvalue weighted by molar-refractivity contribution is 5.88. The standard InChI is InChI=1S/C25H37N3O7/c1-2-35-22(29)17-26-15-7-6-11-19(23(30)28-16-8-12-21(28)25(33)34)27-20(24(31)32)14-13-18-9-4-3-5-10-18/h3-5,9-10,19-21,26-27H,2,6-8,11-17H2,1H3,(H,31,32)(H,33,34)/t19-,20-,21-/m0/s1. The summed E-state index contributed by atoms with van der Waals surface area (Å²) in [4.78, 5) is 49.6. The number of hydrogen-bond acceptors (Lipinski definition) is 7. The Morgan fingerprint density at radius 2 is 1.83 bits per heavy atom. The summed E-state index contributed by atoms with van der Waals surface area (Å²) in [6, 6.07) is 6.88. The summed E-state index contributed by atoms with van der Waals surface area (Å²) in [7, 11) is 0. The number of carbonyl (C=O) groups excluding carboxylic acids is 2. The molecular formula is C25H37N3O7. The van der Waals surface area contributed by atoms with E-state index < -0.39 is 30.1 Å². The van der Waals surface area contributed by atoms with Gasteiger partial charge in [0.05, 0.1) is 19.2 Å². The van der Waals surface area contributed by atoms with Gasteiger partial charge in [-0.25, -0.2) is 4.79 Å². The van der Waals surface area contributed by atoms with Gasteiger partial charge in [-0.05, 0) is 57.6 Å². The Hall–Kier alpha value is -2.98. The van der Waals surface area contributed by atoms with E-state index in [-0.39, 0.29) is 18.4 Å². The summed E-state index contributed by atoms with van der Waals surface area (Å²) in [5, 5.41) is 25.3. The summed E-state index contributed by atoms with van der Waals surface area (Å²) in [5.41, 5.74) is 1.00. The van der Waals surface area contributed by atoms with Gasteiger partial charge in [-0.2, -0.15) is 0 Å². The summed E-state index contributed by atoms with van der Waals surface area (Å²) in [6.07, 6.45) is 3.44. The number of esters is 1. The van der Waals surface area contributed by atoms with Crippen LogP contribution in [0.1, 0.15) is 51.0 Å². The third kappa shape index (κ3) is 9.65. The molecule has 1 saturated heterocycles. The first-order valence-electron chi connectivity index (χ1n) is 12.3. The molecule has 0 unspecified atom stereocenters. The molecule has 1 aromatic rings. The molecule has 194 valence electrons.